The Hall–Kier alpha value is -0.830. The van der Waals surface area contributed by atoms with E-state index in [9.17, 15) is 0 Å². The van der Waals surface area contributed by atoms with Crippen LogP contribution in [0.15, 0.2) is 6.07 Å². The molecule has 0 bridgehead atoms. The van der Waals surface area contributed by atoms with Gasteiger partial charge in [0.15, 0.2) is 0 Å². The Morgan fingerprint density at radius 2 is 2.33 bits per heavy atom. The minimum atomic E-state index is 0.955. The van der Waals surface area contributed by atoms with Crippen LogP contribution in [0.3, 0.4) is 0 Å². The molecule has 3 heteroatoms. The monoisotopic (exact) mass is 207 g/mol. The van der Waals surface area contributed by atoms with Crippen LogP contribution in [-0.2, 0) is 20.0 Å². The summed E-state index contributed by atoms with van der Waals surface area (Å²) in [6.45, 7) is 4.25. The Morgan fingerprint density at radius 1 is 1.53 bits per heavy atom. The standard InChI is InChI=1S/C12H21N3/c1-3-11-8-12(15(2)14-11)9-13-7-6-10-4-5-10/h8,10,13H,3-7,9H2,1-2H3. The highest BCUT2D eigenvalue weighted by Crippen LogP contribution is 2.31. The maximum Gasteiger partial charge on any atom is 0.0625 e. The van der Waals surface area contributed by atoms with Crippen LogP contribution < -0.4 is 5.32 Å². The summed E-state index contributed by atoms with van der Waals surface area (Å²) in [6.07, 6.45) is 5.27. The molecule has 3 nitrogen and oxygen atoms in total. The first kappa shape index (κ1) is 10.7. The minimum absolute atomic E-state index is 0.955. The van der Waals surface area contributed by atoms with E-state index in [4.69, 9.17) is 0 Å². The molecule has 2 rings (SSSR count). The molecule has 1 N–H and O–H groups in total. The van der Waals surface area contributed by atoms with Gasteiger partial charge in [0.25, 0.3) is 0 Å². The normalized spacial score (nSPS) is 15.9. The van der Waals surface area contributed by atoms with Crippen LogP contribution in [-0.4, -0.2) is 16.3 Å². The summed E-state index contributed by atoms with van der Waals surface area (Å²) in [4.78, 5) is 0. The number of aryl methyl sites for hydroxylation is 2. The third-order valence-electron chi connectivity index (χ3n) is 3.12. The number of hydrogen-bond acceptors (Lipinski definition) is 2. The Morgan fingerprint density at radius 3 is 2.93 bits per heavy atom. The van der Waals surface area contributed by atoms with E-state index in [1.807, 2.05) is 11.7 Å². The molecule has 1 saturated carbocycles. The molecule has 1 aliphatic rings. The van der Waals surface area contributed by atoms with Gasteiger partial charge in [-0.25, -0.2) is 0 Å². The maximum absolute atomic E-state index is 4.43. The topological polar surface area (TPSA) is 29.9 Å². The van der Waals surface area contributed by atoms with Crippen LogP contribution in [0.25, 0.3) is 0 Å². The number of hydrogen-bond donors (Lipinski definition) is 1. The van der Waals surface area contributed by atoms with Crippen molar-refractivity contribution in [2.24, 2.45) is 13.0 Å². The van der Waals surface area contributed by atoms with Gasteiger partial charge in [0.1, 0.15) is 0 Å². The lowest BCUT2D eigenvalue weighted by Gasteiger charge is -2.03. The summed E-state index contributed by atoms with van der Waals surface area (Å²) in [7, 11) is 2.02. The Bertz CT molecular complexity index is 313. The summed E-state index contributed by atoms with van der Waals surface area (Å²) in [5.74, 6) is 1.02. The molecule has 1 aliphatic carbocycles. The molecule has 1 aromatic heterocycles. The van der Waals surface area contributed by atoms with Crippen LogP contribution in [0.4, 0.5) is 0 Å². The van der Waals surface area contributed by atoms with Crippen molar-refractivity contribution in [1.29, 1.82) is 0 Å². The summed E-state index contributed by atoms with van der Waals surface area (Å²) in [5, 5.41) is 7.92. The van der Waals surface area contributed by atoms with Gasteiger partial charge in [0.05, 0.1) is 11.4 Å². The second-order valence-electron chi connectivity index (χ2n) is 4.51. The van der Waals surface area contributed by atoms with Gasteiger partial charge in [-0.05, 0) is 31.4 Å². The Labute approximate surface area is 91.9 Å². The van der Waals surface area contributed by atoms with Crippen LogP contribution in [0.2, 0.25) is 0 Å². The van der Waals surface area contributed by atoms with E-state index in [1.54, 1.807) is 0 Å². The average molecular weight is 207 g/mol. The molecule has 84 valence electrons. The van der Waals surface area contributed by atoms with Crippen molar-refractivity contribution >= 4 is 0 Å². The van der Waals surface area contributed by atoms with Crippen molar-refractivity contribution in [2.45, 2.75) is 39.2 Å². The molecule has 15 heavy (non-hydrogen) atoms. The molecule has 1 fully saturated rings. The zero-order valence-electron chi connectivity index (χ0n) is 9.79. The van der Waals surface area contributed by atoms with Gasteiger partial charge in [0, 0.05) is 13.6 Å². The van der Waals surface area contributed by atoms with E-state index in [0.717, 1.165) is 25.4 Å². The third-order valence-corrected chi connectivity index (χ3v) is 3.12. The molecule has 0 atom stereocenters. The lowest BCUT2D eigenvalue weighted by Crippen LogP contribution is -2.17. The minimum Gasteiger partial charge on any atom is -0.311 e. The van der Waals surface area contributed by atoms with Crippen LogP contribution in [0.5, 0.6) is 0 Å². The van der Waals surface area contributed by atoms with Crippen molar-refractivity contribution in [1.82, 2.24) is 15.1 Å². The first-order chi connectivity index (χ1) is 7.29. The first-order valence-electron chi connectivity index (χ1n) is 6.02. The summed E-state index contributed by atoms with van der Waals surface area (Å²) >= 11 is 0. The van der Waals surface area contributed by atoms with Crippen molar-refractivity contribution in [3.8, 4) is 0 Å². The molecule has 0 saturated heterocycles. The van der Waals surface area contributed by atoms with Crippen molar-refractivity contribution < 1.29 is 0 Å². The smallest absolute Gasteiger partial charge is 0.0625 e. The fraction of sp³-hybridized carbons (Fsp3) is 0.750. The fourth-order valence-corrected chi connectivity index (χ4v) is 1.84. The quantitative estimate of drug-likeness (QED) is 0.722. The second-order valence-corrected chi connectivity index (χ2v) is 4.51. The van der Waals surface area contributed by atoms with Gasteiger partial charge in [-0.2, -0.15) is 5.10 Å². The summed E-state index contributed by atoms with van der Waals surface area (Å²) < 4.78 is 1.99. The van der Waals surface area contributed by atoms with E-state index < -0.39 is 0 Å². The number of nitrogens with zero attached hydrogens (tertiary/aromatic N) is 2. The highest BCUT2D eigenvalue weighted by molar-refractivity contribution is 5.09. The molecule has 0 unspecified atom stereocenters. The zero-order chi connectivity index (χ0) is 10.7. The molecule has 0 amide bonds. The Balaban J connectivity index is 1.73. The van der Waals surface area contributed by atoms with E-state index in [-0.39, 0.29) is 0 Å². The van der Waals surface area contributed by atoms with Gasteiger partial charge >= 0.3 is 0 Å². The van der Waals surface area contributed by atoms with E-state index >= 15 is 0 Å². The number of aromatic nitrogens is 2. The molecule has 0 radical (unpaired) electrons. The lowest BCUT2D eigenvalue weighted by molar-refractivity contribution is 0.584. The molecule has 1 aromatic rings. The van der Waals surface area contributed by atoms with Gasteiger partial charge in [-0.15, -0.1) is 0 Å². The highest BCUT2D eigenvalue weighted by atomic mass is 15.3. The van der Waals surface area contributed by atoms with E-state index in [1.165, 1.54) is 30.7 Å². The Kier molecular flexibility index (Phi) is 3.41. The maximum atomic E-state index is 4.43. The van der Waals surface area contributed by atoms with E-state index in [0.29, 0.717) is 0 Å². The van der Waals surface area contributed by atoms with Gasteiger partial charge in [-0.1, -0.05) is 19.8 Å². The largest absolute Gasteiger partial charge is 0.311 e. The molecule has 1 heterocycles. The zero-order valence-corrected chi connectivity index (χ0v) is 9.79. The molecule has 0 aromatic carbocycles. The SMILES string of the molecule is CCc1cc(CNCCC2CC2)n(C)n1. The van der Waals surface area contributed by atoms with Gasteiger partial charge in [-0.3, -0.25) is 4.68 Å². The fourth-order valence-electron chi connectivity index (χ4n) is 1.84. The van der Waals surface area contributed by atoms with Gasteiger partial charge in [0.2, 0.25) is 0 Å². The predicted octanol–water partition coefficient (Wildman–Crippen LogP) is 1.87. The van der Waals surface area contributed by atoms with Crippen LogP contribution in [0, 0.1) is 5.92 Å². The average Bonchev–Trinajstić information content (AvgIpc) is 2.98. The molecule has 0 aliphatic heterocycles. The van der Waals surface area contributed by atoms with Crippen LogP contribution >= 0.6 is 0 Å². The van der Waals surface area contributed by atoms with Crippen molar-refractivity contribution in [3.05, 3.63) is 17.5 Å². The van der Waals surface area contributed by atoms with Crippen LogP contribution in [0.1, 0.15) is 37.6 Å². The summed E-state index contributed by atoms with van der Waals surface area (Å²) in [5.41, 5.74) is 2.49. The van der Waals surface area contributed by atoms with E-state index in [2.05, 4.69) is 23.4 Å². The second kappa shape index (κ2) is 4.79. The van der Waals surface area contributed by atoms with Crippen molar-refractivity contribution in [3.63, 3.8) is 0 Å². The van der Waals surface area contributed by atoms with Crippen molar-refractivity contribution in [2.75, 3.05) is 6.54 Å². The molecule has 0 spiro atoms. The van der Waals surface area contributed by atoms with Gasteiger partial charge < -0.3 is 5.32 Å². The summed E-state index contributed by atoms with van der Waals surface area (Å²) in [6, 6.07) is 2.20. The number of nitrogens with one attached hydrogen (secondary N) is 1. The predicted molar refractivity (Wildman–Crippen MR) is 61.6 cm³/mol. The molecular formula is C12H21N3. The number of rotatable bonds is 6. The molecular weight excluding hydrogens is 186 g/mol. The third kappa shape index (κ3) is 3.06. The highest BCUT2D eigenvalue weighted by Gasteiger charge is 2.19. The first-order valence-corrected chi connectivity index (χ1v) is 6.02. The lowest BCUT2D eigenvalue weighted by atomic mass is 10.3.